The molecule has 0 saturated heterocycles. The molecule has 44 heavy (non-hydrogen) atoms. The van der Waals surface area contributed by atoms with Gasteiger partial charge in [0.15, 0.2) is 11.6 Å². The van der Waals surface area contributed by atoms with Crippen molar-refractivity contribution in [3.8, 4) is 6.07 Å². The molecule has 6 rings (SSSR count). The number of ketones is 1. The van der Waals surface area contributed by atoms with Gasteiger partial charge in [0.2, 0.25) is 5.89 Å². The third kappa shape index (κ3) is 4.17. The summed E-state index contributed by atoms with van der Waals surface area (Å²) in [6.45, 7) is 17.3. The van der Waals surface area contributed by atoms with E-state index in [1.54, 1.807) is 0 Å². The van der Waals surface area contributed by atoms with Crippen molar-refractivity contribution in [2.45, 2.75) is 118 Å². The molecular formula is C36H49N3O5. The second kappa shape index (κ2) is 9.85. The number of rotatable bonds is 4. The Labute approximate surface area is 261 Å². The van der Waals surface area contributed by atoms with Crippen molar-refractivity contribution in [2.24, 2.45) is 44.8 Å². The van der Waals surface area contributed by atoms with Gasteiger partial charge in [-0.05, 0) is 84.5 Å². The molecule has 1 heterocycles. The van der Waals surface area contributed by atoms with E-state index in [-0.39, 0.29) is 57.8 Å². The molecule has 1 N–H and O–H groups in total. The van der Waals surface area contributed by atoms with Crippen LogP contribution in [0.5, 0.6) is 0 Å². The lowest BCUT2D eigenvalue weighted by Gasteiger charge is -2.69. The molecule has 1 aromatic heterocycles. The van der Waals surface area contributed by atoms with Crippen molar-refractivity contribution in [1.82, 2.24) is 10.1 Å². The van der Waals surface area contributed by atoms with Gasteiger partial charge in [0, 0.05) is 24.7 Å². The Kier molecular flexibility index (Phi) is 6.99. The van der Waals surface area contributed by atoms with Crippen LogP contribution in [0.4, 0.5) is 0 Å². The third-order valence-electron chi connectivity index (χ3n) is 13.6. The first-order chi connectivity index (χ1) is 20.4. The summed E-state index contributed by atoms with van der Waals surface area (Å²) in [5.74, 6) is 0.988. The monoisotopic (exact) mass is 603 g/mol. The number of ether oxygens (including phenoxy) is 1. The van der Waals surface area contributed by atoms with E-state index in [2.05, 4.69) is 59.7 Å². The molecular weight excluding hydrogens is 554 g/mol. The second-order valence-electron chi connectivity index (χ2n) is 16.7. The first-order valence-corrected chi connectivity index (χ1v) is 16.5. The Hall–Kier alpha value is -2.79. The van der Waals surface area contributed by atoms with Crippen LogP contribution in [-0.4, -0.2) is 39.7 Å². The van der Waals surface area contributed by atoms with Crippen LogP contribution in [0.1, 0.15) is 112 Å². The zero-order valence-corrected chi connectivity index (χ0v) is 27.7. The second-order valence-corrected chi connectivity index (χ2v) is 16.7. The van der Waals surface area contributed by atoms with Crippen LogP contribution in [0.2, 0.25) is 0 Å². The van der Waals surface area contributed by atoms with Gasteiger partial charge in [-0.15, -0.1) is 0 Å². The van der Waals surface area contributed by atoms with E-state index < -0.39 is 16.9 Å². The Morgan fingerprint density at radius 3 is 2.50 bits per heavy atom. The molecule has 3 fully saturated rings. The Morgan fingerprint density at radius 1 is 1.11 bits per heavy atom. The number of carbonyl (C=O) groups is 2. The molecule has 238 valence electrons. The van der Waals surface area contributed by atoms with E-state index in [4.69, 9.17) is 14.2 Å². The predicted molar refractivity (Wildman–Crippen MR) is 164 cm³/mol. The predicted octanol–water partition coefficient (Wildman–Crippen LogP) is 6.44. The summed E-state index contributed by atoms with van der Waals surface area (Å²) in [7, 11) is 0. The summed E-state index contributed by atoms with van der Waals surface area (Å²) >= 11 is 0. The molecule has 0 bridgehead atoms. The van der Waals surface area contributed by atoms with Crippen molar-refractivity contribution in [1.29, 1.82) is 5.26 Å². The molecule has 8 atom stereocenters. The molecule has 0 radical (unpaired) electrons. The molecule has 1 unspecified atom stereocenters. The molecule has 8 heteroatoms. The number of fused-ring (bicyclic) bond motifs is 7. The van der Waals surface area contributed by atoms with Gasteiger partial charge in [-0.3, -0.25) is 9.59 Å². The molecule has 5 aliphatic carbocycles. The van der Waals surface area contributed by atoms with Crippen molar-refractivity contribution >= 4 is 11.8 Å². The van der Waals surface area contributed by atoms with Gasteiger partial charge < -0.3 is 14.4 Å². The quantitative estimate of drug-likeness (QED) is 0.390. The van der Waals surface area contributed by atoms with Crippen LogP contribution < -0.4 is 0 Å². The lowest BCUT2D eigenvalue weighted by Crippen LogP contribution is -2.65. The van der Waals surface area contributed by atoms with Crippen molar-refractivity contribution < 1.29 is 24.0 Å². The van der Waals surface area contributed by atoms with E-state index in [9.17, 15) is 20.0 Å². The third-order valence-corrected chi connectivity index (χ3v) is 13.6. The van der Waals surface area contributed by atoms with Gasteiger partial charge in [0.1, 0.15) is 0 Å². The number of aliphatic hydroxyl groups excluding tert-OH is 1. The fourth-order valence-corrected chi connectivity index (χ4v) is 11.0. The first kappa shape index (κ1) is 31.2. The van der Waals surface area contributed by atoms with Gasteiger partial charge in [-0.25, -0.2) is 0 Å². The number of nitrogens with zero attached hydrogens (tertiary/aromatic N) is 3. The smallest absolute Gasteiger partial charge is 0.302 e. The number of esters is 1. The van der Waals surface area contributed by atoms with Crippen molar-refractivity contribution in [3.63, 3.8) is 0 Å². The zero-order chi connectivity index (χ0) is 32.1. The fourth-order valence-electron chi connectivity index (χ4n) is 11.0. The first-order valence-electron chi connectivity index (χ1n) is 16.5. The van der Waals surface area contributed by atoms with Crippen LogP contribution in [0.3, 0.4) is 0 Å². The number of aliphatic hydroxyl groups is 1. The van der Waals surface area contributed by atoms with Gasteiger partial charge in [0.05, 0.1) is 29.8 Å². The van der Waals surface area contributed by atoms with Gasteiger partial charge in [0.25, 0.3) is 0 Å². The van der Waals surface area contributed by atoms with Gasteiger partial charge >= 0.3 is 5.97 Å². The maximum Gasteiger partial charge on any atom is 0.302 e. The van der Waals surface area contributed by atoms with E-state index in [1.807, 2.05) is 12.2 Å². The van der Waals surface area contributed by atoms with Crippen LogP contribution in [-0.2, 0) is 26.2 Å². The Bertz CT molecular complexity index is 1500. The van der Waals surface area contributed by atoms with E-state index in [1.165, 1.54) is 6.92 Å². The highest BCUT2D eigenvalue weighted by molar-refractivity contribution is 5.95. The Morgan fingerprint density at radius 2 is 1.82 bits per heavy atom. The normalized spacial score (nSPS) is 42.0. The minimum atomic E-state index is -0.814. The number of carbonyl (C=O) groups excluding carboxylic acids is 2. The van der Waals surface area contributed by atoms with Crippen LogP contribution in [0, 0.1) is 56.2 Å². The maximum absolute atomic E-state index is 14.7. The van der Waals surface area contributed by atoms with Gasteiger partial charge in [-0.1, -0.05) is 65.3 Å². The summed E-state index contributed by atoms with van der Waals surface area (Å²) in [4.78, 5) is 30.9. The lowest BCUT2D eigenvalue weighted by molar-refractivity contribution is -0.162. The summed E-state index contributed by atoms with van der Waals surface area (Å²) in [5, 5.41) is 25.5. The van der Waals surface area contributed by atoms with E-state index >= 15 is 0 Å². The maximum atomic E-state index is 14.7. The van der Waals surface area contributed by atoms with Crippen LogP contribution in [0.15, 0.2) is 27.8 Å². The summed E-state index contributed by atoms with van der Waals surface area (Å²) < 4.78 is 11.1. The van der Waals surface area contributed by atoms with Crippen LogP contribution >= 0.6 is 0 Å². The molecule has 0 aromatic carbocycles. The molecule has 8 nitrogen and oxygen atoms in total. The average molecular weight is 604 g/mol. The molecule has 0 spiro atoms. The zero-order valence-electron chi connectivity index (χ0n) is 27.7. The number of nitriles is 1. The minimum Gasteiger partial charge on any atom is -0.465 e. The molecule has 3 saturated carbocycles. The SMILES string of the molecule is CC(=O)OCCc1noc([C@]23CCC(C)(C)C[C@H]2[C@H]2C(=O)C=C4[C@@]5(C)C=C(C#N)C(O)C(C)(C)[C@@H]5CC[C@@]4(C)[C@]2(C)CC3)n1. The standard InChI is InChI=1S/C36H49N3O5/c1-21(40)43-16-10-27-38-30(44-39-27)36-14-12-31(2,3)19-23(36)28-24(41)17-26-33(6)18-22(20-37)29(42)32(4,5)25(33)9-11-34(26,7)35(28,8)13-15-36/h17-18,23,25,28-29,42H,9-16,19H2,1-8H3/t23-,25-,28-,29?,33-,34+,35+,36-/m0/s1. The van der Waals surface area contributed by atoms with E-state index in [0.717, 1.165) is 50.5 Å². The molecule has 1 aromatic rings. The fraction of sp³-hybridized carbons (Fsp3) is 0.750. The van der Waals surface area contributed by atoms with Crippen LogP contribution in [0.25, 0.3) is 0 Å². The summed E-state index contributed by atoms with van der Waals surface area (Å²) in [6.07, 6.45) is 9.95. The summed E-state index contributed by atoms with van der Waals surface area (Å²) in [6, 6.07) is 2.29. The van der Waals surface area contributed by atoms with Crippen molar-refractivity contribution in [2.75, 3.05) is 6.61 Å². The molecule has 5 aliphatic rings. The molecule has 0 amide bonds. The van der Waals surface area contributed by atoms with Gasteiger partial charge in [-0.2, -0.15) is 10.2 Å². The lowest BCUT2D eigenvalue weighted by atomic mass is 9.34. The summed E-state index contributed by atoms with van der Waals surface area (Å²) in [5.41, 5.74) is -0.260. The van der Waals surface area contributed by atoms with Crippen molar-refractivity contribution in [3.05, 3.63) is 35.0 Å². The Balaban J connectivity index is 1.45. The largest absolute Gasteiger partial charge is 0.465 e. The number of aromatic nitrogens is 2. The highest BCUT2D eigenvalue weighted by atomic mass is 16.5. The average Bonchev–Trinajstić information content (AvgIpc) is 3.41. The minimum absolute atomic E-state index is 0.0502. The highest BCUT2D eigenvalue weighted by Crippen LogP contribution is 2.74. The number of allylic oxidation sites excluding steroid dienone is 3. The highest BCUT2D eigenvalue weighted by Gasteiger charge is 2.70. The van der Waals surface area contributed by atoms with E-state index in [0.29, 0.717) is 23.7 Å². The molecule has 0 aliphatic heterocycles. The number of hydrogen-bond donors (Lipinski definition) is 1. The number of hydrogen-bond acceptors (Lipinski definition) is 8. The topological polar surface area (TPSA) is 126 Å².